The summed E-state index contributed by atoms with van der Waals surface area (Å²) in [6.45, 7) is 6.15. The summed E-state index contributed by atoms with van der Waals surface area (Å²) in [4.78, 5) is 39.1. The molecule has 33 heavy (non-hydrogen) atoms. The van der Waals surface area contributed by atoms with Crippen LogP contribution in [0.1, 0.15) is 78.6 Å². The fraction of sp³-hybridized carbons (Fsp3) is 0.885. The zero-order valence-corrected chi connectivity index (χ0v) is 21.0. The molecule has 7 heteroatoms. The highest BCUT2D eigenvalue weighted by Gasteiger charge is 2.49. The zero-order chi connectivity index (χ0) is 24.3. The number of aliphatic hydroxyl groups is 1. The van der Waals surface area contributed by atoms with Gasteiger partial charge in [-0.2, -0.15) is 0 Å². The summed E-state index contributed by atoms with van der Waals surface area (Å²) >= 11 is 0. The van der Waals surface area contributed by atoms with Crippen LogP contribution in [0.4, 0.5) is 0 Å². The molecule has 0 aromatic heterocycles. The van der Waals surface area contributed by atoms with Crippen LogP contribution >= 0.6 is 0 Å². The number of rotatable bonds is 7. The third kappa shape index (κ3) is 6.28. The molecule has 1 N–H and O–H groups in total. The summed E-state index contributed by atoms with van der Waals surface area (Å²) in [5.74, 6) is 0.747. The molecular formula is C26H43NO6. The van der Waals surface area contributed by atoms with Crippen molar-refractivity contribution in [2.45, 2.75) is 96.9 Å². The molecular weight excluding hydrogens is 422 g/mol. The number of ether oxygens (including phenoxy) is 2. The van der Waals surface area contributed by atoms with Gasteiger partial charge in [-0.1, -0.05) is 27.2 Å². The van der Waals surface area contributed by atoms with Crippen LogP contribution in [0, 0.1) is 35.5 Å². The first-order chi connectivity index (χ1) is 15.6. The first-order valence-corrected chi connectivity index (χ1v) is 12.9. The molecule has 1 aliphatic heterocycles. The topological polar surface area (TPSA) is 93.1 Å². The van der Waals surface area contributed by atoms with Gasteiger partial charge in [0, 0.05) is 32.4 Å². The van der Waals surface area contributed by atoms with Crippen LogP contribution in [0.3, 0.4) is 0 Å². The molecule has 7 nitrogen and oxygen atoms in total. The van der Waals surface area contributed by atoms with Gasteiger partial charge in [-0.3, -0.25) is 14.4 Å². The van der Waals surface area contributed by atoms with Crippen LogP contribution in [-0.4, -0.2) is 60.3 Å². The highest BCUT2D eigenvalue weighted by molar-refractivity contribution is 5.78. The van der Waals surface area contributed by atoms with E-state index in [0.717, 1.165) is 32.1 Å². The standard InChI is InChI=1S/C26H43NO6/c1-6-15(2)26(31)33-22-12-18(25(30)27(4)5)11-17-8-7-16(3)21(24(17)22)10-9-20-13-19(28)14-23(29)32-20/h15-22,24,28H,6-14H2,1-5H3/t15?,16-,17-,18-,19+,20+,21-,22-,24-/m0/s1. The Bertz CT molecular complexity index is 709. The molecule has 1 unspecified atom stereocenters. The number of esters is 2. The summed E-state index contributed by atoms with van der Waals surface area (Å²) in [6.07, 6.45) is 5.33. The molecule has 3 aliphatic rings. The van der Waals surface area contributed by atoms with Crippen molar-refractivity contribution in [1.82, 2.24) is 4.90 Å². The van der Waals surface area contributed by atoms with Crippen LogP contribution in [0.2, 0.25) is 0 Å². The lowest BCUT2D eigenvalue weighted by molar-refractivity contribution is -0.171. The molecule has 188 valence electrons. The van der Waals surface area contributed by atoms with Gasteiger partial charge in [-0.05, 0) is 56.3 Å². The maximum atomic E-state index is 12.8. The molecule has 1 heterocycles. The van der Waals surface area contributed by atoms with E-state index in [1.54, 1.807) is 19.0 Å². The lowest BCUT2D eigenvalue weighted by atomic mass is 9.57. The minimum absolute atomic E-state index is 0.0793. The molecule has 0 aromatic carbocycles. The van der Waals surface area contributed by atoms with Crippen LogP contribution in [0.15, 0.2) is 0 Å². The minimum atomic E-state index is -0.621. The summed E-state index contributed by atoms with van der Waals surface area (Å²) in [5.41, 5.74) is 0. The molecule has 1 saturated heterocycles. The Morgan fingerprint density at radius 1 is 1.18 bits per heavy atom. The number of hydrogen-bond acceptors (Lipinski definition) is 6. The summed E-state index contributed by atoms with van der Waals surface area (Å²) in [5, 5.41) is 9.97. The van der Waals surface area contributed by atoms with E-state index >= 15 is 0 Å². The molecule has 3 fully saturated rings. The number of carbonyl (C=O) groups excluding carboxylic acids is 3. The third-order valence-corrected chi connectivity index (χ3v) is 8.43. The van der Waals surface area contributed by atoms with Crippen molar-refractivity contribution in [2.24, 2.45) is 35.5 Å². The van der Waals surface area contributed by atoms with E-state index in [4.69, 9.17) is 9.47 Å². The predicted octanol–water partition coefficient (Wildman–Crippen LogP) is 3.57. The molecule has 9 atom stereocenters. The third-order valence-electron chi connectivity index (χ3n) is 8.43. The zero-order valence-electron chi connectivity index (χ0n) is 21.0. The van der Waals surface area contributed by atoms with Gasteiger partial charge in [0.2, 0.25) is 5.91 Å². The van der Waals surface area contributed by atoms with E-state index in [0.29, 0.717) is 37.0 Å². The highest BCUT2D eigenvalue weighted by Crippen LogP contribution is 2.51. The van der Waals surface area contributed by atoms with Crippen LogP contribution in [-0.2, 0) is 23.9 Å². The number of cyclic esters (lactones) is 1. The van der Waals surface area contributed by atoms with E-state index in [2.05, 4.69) is 6.92 Å². The lowest BCUT2D eigenvalue weighted by Gasteiger charge is -2.50. The van der Waals surface area contributed by atoms with E-state index in [1.165, 1.54) is 0 Å². The quantitative estimate of drug-likeness (QED) is 0.578. The van der Waals surface area contributed by atoms with Gasteiger partial charge >= 0.3 is 11.9 Å². The van der Waals surface area contributed by atoms with Gasteiger partial charge < -0.3 is 19.5 Å². The second-order valence-electron chi connectivity index (χ2n) is 11.0. The SMILES string of the molecule is CCC(C)C(=O)O[C@H]1C[C@@H](C(=O)N(C)C)C[C@@H]2CC[C@H](C)[C@H](CC[C@@H]3C[C@@H](O)CC(=O)O3)[C@H]21. The van der Waals surface area contributed by atoms with Crippen LogP contribution in [0.25, 0.3) is 0 Å². The van der Waals surface area contributed by atoms with Crippen LogP contribution < -0.4 is 0 Å². The summed E-state index contributed by atoms with van der Waals surface area (Å²) in [6, 6.07) is 0. The fourth-order valence-corrected chi connectivity index (χ4v) is 6.38. The molecule has 1 amide bonds. The van der Waals surface area contributed by atoms with E-state index < -0.39 is 6.10 Å². The Kier molecular flexibility index (Phi) is 8.82. The average molecular weight is 466 g/mol. The second kappa shape index (κ2) is 11.2. The Hall–Kier alpha value is -1.63. The second-order valence-corrected chi connectivity index (χ2v) is 11.0. The van der Waals surface area contributed by atoms with Gasteiger partial charge in [0.15, 0.2) is 0 Å². The van der Waals surface area contributed by atoms with Gasteiger partial charge in [0.25, 0.3) is 0 Å². The molecule has 2 saturated carbocycles. The minimum Gasteiger partial charge on any atom is -0.462 e. The van der Waals surface area contributed by atoms with E-state index in [9.17, 15) is 19.5 Å². The van der Waals surface area contributed by atoms with E-state index in [-0.39, 0.29) is 54.2 Å². The van der Waals surface area contributed by atoms with Crippen molar-refractivity contribution in [2.75, 3.05) is 14.1 Å². The number of aliphatic hydroxyl groups excluding tert-OH is 1. The van der Waals surface area contributed by atoms with Crippen molar-refractivity contribution in [1.29, 1.82) is 0 Å². The molecule has 0 radical (unpaired) electrons. The average Bonchev–Trinajstić information content (AvgIpc) is 2.76. The smallest absolute Gasteiger partial charge is 0.308 e. The van der Waals surface area contributed by atoms with Gasteiger partial charge in [0.05, 0.1) is 18.4 Å². The Morgan fingerprint density at radius 2 is 1.91 bits per heavy atom. The first kappa shape index (κ1) is 26.0. The maximum Gasteiger partial charge on any atom is 0.308 e. The number of hydrogen-bond donors (Lipinski definition) is 1. The Morgan fingerprint density at radius 3 is 2.55 bits per heavy atom. The van der Waals surface area contributed by atoms with E-state index in [1.807, 2.05) is 13.8 Å². The number of fused-ring (bicyclic) bond motifs is 1. The first-order valence-electron chi connectivity index (χ1n) is 12.9. The van der Waals surface area contributed by atoms with Gasteiger partial charge in [0.1, 0.15) is 12.2 Å². The van der Waals surface area contributed by atoms with Gasteiger partial charge in [-0.15, -0.1) is 0 Å². The van der Waals surface area contributed by atoms with Crippen molar-refractivity contribution in [3.8, 4) is 0 Å². The normalized spacial score (nSPS) is 37.5. The number of nitrogens with zero attached hydrogens (tertiary/aromatic N) is 1. The summed E-state index contributed by atoms with van der Waals surface area (Å²) < 4.78 is 11.6. The predicted molar refractivity (Wildman–Crippen MR) is 124 cm³/mol. The molecule has 2 aliphatic carbocycles. The van der Waals surface area contributed by atoms with Crippen LogP contribution in [0.5, 0.6) is 0 Å². The Labute approximate surface area is 198 Å². The molecule has 0 aromatic rings. The summed E-state index contributed by atoms with van der Waals surface area (Å²) in [7, 11) is 3.58. The number of amides is 1. The van der Waals surface area contributed by atoms with Crippen molar-refractivity contribution in [3.63, 3.8) is 0 Å². The van der Waals surface area contributed by atoms with Crippen molar-refractivity contribution in [3.05, 3.63) is 0 Å². The number of carbonyl (C=O) groups is 3. The molecule has 3 rings (SSSR count). The fourth-order valence-electron chi connectivity index (χ4n) is 6.38. The maximum absolute atomic E-state index is 12.8. The molecule has 0 bridgehead atoms. The van der Waals surface area contributed by atoms with Crippen molar-refractivity contribution >= 4 is 17.8 Å². The monoisotopic (exact) mass is 465 g/mol. The lowest BCUT2D eigenvalue weighted by Crippen LogP contribution is -2.50. The van der Waals surface area contributed by atoms with Gasteiger partial charge in [-0.25, -0.2) is 0 Å². The largest absolute Gasteiger partial charge is 0.462 e. The Balaban J connectivity index is 1.78. The van der Waals surface area contributed by atoms with Crippen molar-refractivity contribution < 1.29 is 29.0 Å². The molecule has 0 spiro atoms. The highest BCUT2D eigenvalue weighted by atomic mass is 16.5.